The van der Waals surface area contributed by atoms with Gasteiger partial charge >= 0.3 is 0 Å². The van der Waals surface area contributed by atoms with Crippen LogP contribution in [0.15, 0.2) is 23.1 Å². The van der Waals surface area contributed by atoms with Crippen molar-refractivity contribution in [2.24, 2.45) is 5.73 Å². The second kappa shape index (κ2) is 4.90. The van der Waals surface area contributed by atoms with Gasteiger partial charge in [0.1, 0.15) is 5.82 Å². The van der Waals surface area contributed by atoms with E-state index >= 15 is 0 Å². The molecule has 0 amide bonds. The zero-order valence-electron chi connectivity index (χ0n) is 9.20. The Labute approximate surface area is 94.7 Å². The number of hydrogen-bond acceptors (Lipinski definition) is 3. The highest BCUT2D eigenvalue weighted by atomic mass is 32.2. The summed E-state index contributed by atoms with van der Waals surface area (Å²) in [6.07, 6.45) is 0. The number of nitrogens with two attached hydrogens (primary N) is 1. The number of halogens is 1. The first kappa shape index (κ1) is 13.1. The molecule has 0 bridgehead atoms. The average Bonchev–Trinajstić information content (AvgIpc) is 2.21. The average molecular weight is 246 g/mol. The van der Waals surface area contributed by atoms with Crippen molar-refractivity contribution in [1.29, 1.82) is 0 Å². The van der Waals surface area contributed by atoms with Crippen molar-refractivity contribution in [2.45, 2.75) is 24.8 Å². The van der Waals surface area contributed by atoms with Gasteiger partial charge in [-0.05, 0) is 31.5 Å². The predicted octanol–water partition coefficient (Wildman–Crippen LogP) is 0.760. The van der Waals surface area contributed by atoms with Crippen molar-refractivity contribution < 1.29 is 12.8 Å². The van der Waals surface area contributed by atoms with Crippen LogP contribution in [0.5, 0.6) is 0 Å². The lowest BCUT2D eigenvalue weighted by molar-refractivity contribution is 0.559. The molecular weight excluding hydrogens is 231 g/mol. The van der Waals surface area contributed by atoms with Crippen molar-refractivity contribution >= 4 is 10.0 Å². The monoisotopic (exact) mass is 246 g/mol. The van der Waals surface area contributed by atoms with Crippen molar-refractivity contribution in [3.63, 3.8) is 0 Å². The van der Waals surface area contributed by atoms with Crippen LogP contribution in [0.3, 0.4) is 0 Å². The molecule has 1 rings (SSSR count). The van der Waals surface area contributed by atoms with Gasteiger partial charge in [0, 0.05) is 12.6 Å². The van der Waals surface area contributed by atoms with Crippen LogP contribution in [0.25, 0.3) is 0 Å². The zero-order valence-corrected chi connectivity index (χ0v) is 10.0. The van der Waals surface area contributed by atoms with Gasteiger partial charge in [0.2, 0.25) is 10.0 Å². The molecule has 0 radical (unpaired) electrons. The van der Waals surface area contributed by atoms with Gasteiger partial charge in [0.25, 0.3) is 0 Å². The molecule has 1 atom stereocenters. The Kier molecular flexibility index (Phi) is 4.01. The normalized spacial score (nSPS) is 13.8. The molecule has 16 heavy (non-hydrogen) atoms. The Bertz CT molecular complexity index is 474. The number of rotatable bonds is 4. The van der Waals surface area contributed by atoms with Crippen molar-refractivity contribution in [2.75, 3.05) is 6.54 Å². The molecule has 0 aliphatic carbocycles. The number of nitrogens with one attached hydrogen (secondary N) is 1. The molecule has 0 unspecified atom stereocenters. The van der Waals surface area contributed by atoms with Gasteiger partial charge in [0.15, 0.2) is 0 Å². The molecule has 4 nitrogen and oxygen atoms in total. The fourth-order valence-electron chi connectivity index (χ4n) is 1.12. The van der Waals surface area contributed by atoms with Crippen LogP contribution >= 0.6 is 0 Å². The molecule has 3 N–H and O–H groups in total. The first-order valence-corrected chi connectivity index (χ1v) is 6.33. The van der Waals surface area contributed by atoms with Crippen molar-refractivity contribution in [1.82, 2.24) is 4.72 Å². The lowest BCUT2D eigenvalue weighted by Gasteiger charge is -2.12. The van der Waals surface area contributed by atoms with E-state index in [9.17, 15) is 12.8 Å². The maximum Gasteiger partial charge on any atom is 0.240 e. The van der Waals surface area contributed by atoms with Gasteiger partial charge in [-0.2, -0.15) is 0 Å². The lowest BCUT2D eigenvalue weighted by Crippen LogP contribution is -2.37. The van der Waals surface area contributed by atoms with E-state index in [-0.39, 0.29) is 17.5 Å². The highest BCUT2D eigenvalue weighted by molar-refractivity contribution is 7.89. The summed E-state index contributed by atoms with van der Waals surface area (Å²) in [5, 5.41) is 0. The largest absolute Gasteiger partial charge is 0.329 e. The van der Waals surface area contributed by atoms with Crippen LogP contribution in [0.1, 0.15) is 12.5 Å². The number of sulfonamides is 1. The van der Waals surface area contributed by atoms with Gasteiger partial charge in [0.05, 0.1) is 4.90 Å². The van der Waals surface area contributed by atoms with E-state index in [1.807, 2.05) is 0 Å². The summed E-state index contributed by atoms with van der Waals surface area (Å²) < 4.78 is 39.0. The van der Waals surface area contributed by atoms with Crippen molar-refractivity contribution in [3.05, 3.63) is 29.6 Å². The minimum atomic E-state index is -3.68. The molecule has 0 spiro atoms. The molecule has 1 aromatic rings. The van der Waals surface area contributed by atoms with E-state index < -0.39 is 15.8 Å². The highest BCUT2D eigenvalue weighted by Crippen LogP contribution is 2.14. The van der Waals surface area contributed by atoms with Crippen LogP contribution in [0.4, 0.5) is 4.39 Å². The molecule has 0 aromatic heterocycles. The Hall–Kier alpha value is -0.980. The minimum Gasteiger partial charge on any atom is -0.329 e. The Morgan fingerprint density at radius 2 is 2.12 bits per heavy atom. The van der Waals surface area contributed by atoms with Gasteiger partial charge in [-0.15, -0.1) is 0 Å². The number of benzene rings is 1. The van der Waals surface area contributed by atoms with E-state index in [2.05, 4.69) is 4.72 Å². The van der Waals surface area contributed by atoms with Gasteiger partial charge in [-0.1, -0.05) is 6.07 Å². The molecule has 0 aliphatic heterocycles. The third-order valence-corrected chi connectivity index (χ3v) is 3.75. The second-order valence-electron chi connectivity index (χ2n) is 3.67. The van der Waals surface area contributed by atoms with Crippen LogP contribution in [0.2, 0.25) is 0 Å². The molecule has 6 heteroatoms. The van der Waals surface area contributed by atoms with Gasteiger partial charge < -0.3 is 5.73 Å². The number of hydrogen-bond donors (Lipinski definition) is 2. The Morgan fingerprint density at radius 1 is 1.50 bits per heavy atom. The third kappa shape index (κ3) is 3.01. The van der Waals surface area contributed by atoms with Gasteiger partial charge in [-0.25, -0.2) is 17.5 Å². The van der Waals surface area contributed by atoms with E-state index in [1.54, 1.807) is 13.8 Å². The van der Waals surface area contributed by atoms with Gasteiger partial charge in [-0.3, -0.25) is 0 Å². The second-order valence-corrected chi connectivity index (χ2v) is 5.38. The predicted molar refractivity (Wildman–Crippen MR) is 60.0 cm³/mol. The van der Waals surface area contributed by atoms with E-state index in [4.69, 9.17) is 5.73 Å². The topological polar surface area (TPSA) is 72.2 Å². The molecule has 0 saturated carbocycles. The summed E-state index contributed by atoms with van der Waals surface area (Å²) in [6, 6.07) is 3.41. The maximum atomic E-state index is 13.2. The molecular formula is C10H15FN2O2S. The van der Waals surface area contributed by atoms with Crippen LogP contribution in [-0.2, 0) is 10.0 Å². The van der Waals surface area contributed by atoms with Crippen LogP contribution in [0, 0.1) is 12.7 Å². The smallest absolute Gasteiger partial charge is 0.240 e. The SMILES string of the molecule is Cc1ccc(S(=O)(=O)N[C@@H](C)CN)cc1F. The highest BCUT2D eigenvalue weighted by Gasteiger charge is 2.17. The fraction of sp³-hybridized carbons (Fsp3) is 0.400. The molecule has 0 heterocycles. The first-order chi connectivity index (χ1) is 7.36. The Balaban J connectivity index is 3.03. The summed E-state index contributed by atoms with van der Waals surface area (Å²) in [6.45, 7) is 3.40. The lowest BCUT2D eigenvalue weighted by atomic mass is 10.2. The van der Waals surface area contributed by atoms with E-state index in [0.29, 0.717) is 5.56 Å². The number of aryl methyl sites for hydroxylation is 1. The molecule has 90 valence electrons. The third-order valence-electron chi connectivity index (χ3n) is 2.16. The molecule has 0 saturated heterocycles. The van der Waals surface area contributed by atoms with Crippen LogP contribution < -0.4 is 10.5 Å². The fourth-order valence-corrected chi connectivity index (χ4v) is 2.39. The summed E-state index contributed by atoms with van der Waals surface area (Å²) in [7, 11) is -3.68. The zero-order chi connectivity index (χ0) is 12.3. The summed E-state index contributed by atoms with van der Waals surface area (Å²) >= 11 is 0. The summed E-state index contributed by atoms with van der Waals surface area (Å²) in [5.74, 6) is -0.539. The van der Waals surface area contributed by atoms with E-state index in [0.717, 1.165) is 6.07 Å². The standard InChI is InChI=1S/C10H15FN2O2S/c1-7-3-4-9(5-10(7)11)16(14,15)13-8(2)6-12/h3-5,8,13H,6,12H2,1-2H3/t8-/m0/s1. The maximum absolute atomic E-state index is 13.2. The molecule has 1 aromatic carbocycles. The molecule has 0 fully saturated rings. The van der Waals surface area contributed by atoms with Crippen LogP contribution in [-0.4, -0.2) is 21.0 Å². The summed E-state index contributed by atoms with van der Waals surface area (Å²) in [5.41, 5.74) is 5.72. The van der Waals surface area contributed by atoms with Crippen molar-refractivity contribution in [3.8, 4) is 0 Å². The first-order valence-electron chi connectivity index (χ1n) is 4.85. The quantitative estimate of drug-likeness (QED) is 0.823. The van der Waals surface area contributed by atoms with E-state index in [1.165, 1.54) is 12.1 Å². The molecule has 0 aliphatic rings. The Morgan fingerprint density at radius 3 is 2.62 bits per heavy atom. The summed E-state index contributed by atoms with van der Waals surface area (Å²) in [4.78, 5) is -0.0871. The minimum absolute atomic E-state index is 0.0871.